The minimum absolute atomic E-state index is 0.490. The van der Waals surface area contributed by atoms with Crippen LogP contribution < -0.4 is 14.8 Å². The Morgan fingerprint density at radius 3 is 1.39 bits per heavy atom. The van der Waals surface area contributed by atoms with Crippen LogP contribution in [0.2, 0.25) is 0 Å². The molecule has 0 spiro atoms. The second kappa shape index (κ2) is 7.77. The van der Waals surface area contributed by atoms with E-state index in [1.807, 2.05) is 57.9 Å². The fraction of sp³-hybridized carbons (Fsp3) is 0.0714. The monoisotopic (exact) mass is 449 g/mol. The molecule has 33 heavy (non-hydrogen) atoms. The van der Waals surface area contributed by atoms with Crippen molar-refractivity contribution in [3.8, 4) is 0 Å². The number of fused-ring (bicyclic) bond motifs is 3. The Bertz CT molecular complexity index is 1430. The standard InChI is InChI=1S/C28H24N3OP/c29-33(32)30(19-21-13-15-23-7-1-3-9-25(23)17-21)27-11-5-6-12-28(27)31(33)20-22-14-16-24-8-2-4-10-26(24)18-22/h1-18H,19-20H2,(H2,29,32). The second-order valence-electron chi connectivity index (χ2n) is 8.56. The Balaban J connectivity index is 1.37. The molecular weight excluding hydrogens is 425 g/mol. The lowest BCUT2D eigenvalue weighted by Crippen LogP contribution is -2.29. The number of anilines is 2. The maximum atomic E-state index is 14.1. The van der Waals surface area contributed by atoms with Crippen molar-refractivity contribution in [3.63, 3.8) is 0 Å². The second-order valence-corrected chi connectivity index (χ2v) is 10.7. The van der Waals surface area contributed by atoms with E-state index in [0.717, 1.165) is 22.5 Å². The summed E-state index contributed by atoms with van der Waals surface area (Å²) in [6.45, 7) is 0.980. The summed E-state index contributed by atoms with van der Waals surface area (Å²) in [6, 6.07) is 37.3. The summed E-state index contributed by atoms with van der Waals surface area (Å²) < 4.78 is 17.9. The lowest BCUT2D eigenvalue weighted by molar-refractivity contribution is 0.570. The van der Waals surface area contributed by atoms with Crippen LogP contribution in [0, 0.1) is 0 Å². The Labute approximate surface area is 193 Å². The van der Waals surface area contributed by atoms with Crippen molar-refractivity contribution < 1.29 is 4.57 Å². The third kappa shape index (κ3) is 3.48. The minimum Gasteiger partial charge on any atom is -0.288 e. The Hall–Kier alpha value is -3.59. The van der Waals surface area contributed by atoms with Gasteiger partial charge in [0.15, 0.2) is 0 Å². The highest BCUT2D eigenvalue weighted by Gasteiger charge is 2.42. The average molecular weight is 449 g/mol. The minimum atomic E-state index is -3.33. The van der Waals surface area contributed by atoms with Crippen LogP contribution in [0.4, 0.5) is 11.4 Å². The molecule has 5 aromatic carbocycles. The van der Waals surface area contributed by atoms with Gasteiger partial charge in [0.2, 0.25) is 0 Å². The van der Waals surface area contributed by atoms with E-state index in [-0.39, 0.29) is 0 Å². The molecule has 5 heteroatoms. The van der Waals surface area contributed by atoms with Crippen molar-refractivity contribution in [2.24, 2.45) is 5.50 Å². The van der Waals surface area contributed by atoms with Gasteiger partial charge in [0.05, 0.1) is 24.5 Å². The first-order valence-electron chi connectivity index (χ1n) is 11.1. The first-order chi connectivity index (χ1) is 16.1. The number of benzene rings is 5. The van der Waals surface area contributed by atoms with E-state index in [2.05, 4.69) is 60.7 Å². The van der Waals surface area contributed by atoms with Crippen LogP contribution in [0.15, 0.2) is 109 Å². The zero-order chi connectivity index (χ0) is 22.4. The molecule has 0 radical (unpaired) electrons. The fourth-order valence-electron chi connectivity index (χ4n) is 4.73. The van der Waals surface area contributed by atoms with Crippen LogP contribution >= 0.6 is 7.59 Å². The van der Waals surface area contributed by atoms with Crippen molar-refractivity contribution in [2.45, 2.75) is 13.1 Å². The molecule has 2 N–H and O–H groups in total. The molecule has 1 aliphatic rings. The molecule has 0 unspecified atom stereocenters. The van der Waals surface area contributed by atoms with Crippen molar-refractivity contribution in [2.75, 3.05) is 9.34 Å². The normalized spacial score (nSPS) is 14.7. The zero-order valence-corrected chi connectivity index (χ0v) is 19.0. The lowest BCUT2D eigenvalue weighted by Gasteiger charge is -2.29. The van der Waals surface area contributed by atoms with Crippen LogP contribution in [0.25, 0.3) is 21.5 Å². The molecule has 5 aromatic rings. The summed E-state index contributed by atoms with van der Waals surface area (Å²) in [5.41, 5.74) is 10.6. The van der Waals surface area contributed by atoms with E-state index in [1.165, 1.54) is 21.5 Å². The van der Waals surface area contributed by atoms with E-state index in [0.29, 0.717) is 13.1 Å². The molecule has 0 saturated carbocycles. The summed E-state index contributed by atoms with van der Waals surface area (Å²) in [5.74, 6) is 0. The van der Waals surface area contributed by atoms with Gasteiger partial charge in [0, 0.05) is 0 Å². The van der Waals surface area contributed by atoms with E-state index < -0.39 is 7.59 Å². The van der Waals surface area contributed by atoms with Gasteiger partial charge >= 0.3 is 7.59 Å². The Morgan fingerprint density at radius 1 is 0.545 bits per heavy atom. The van der Waals surface area contributed by atoms with Crippen molar-refractivity contribution in [1.82, 2.24) is 0 Å². The molecule has 1 aliphatic heterocycles. The summed E-state index contributed by atoms with van der Waals surface area (Å²) in [5, 5.41) is 4.72. The van der Waals surface area contributed by atoms with E-state index in [4.69, 9.17) is 5.50 Å². The zero-order valence-electron chi connectivity index (χ0n) is 18.1. The number of rotatable bonds is 4. The van der Waals surface area contributed by atoms with Gasteiger partial charge in [-0.25, -0.2) is 5.50 Å². The van der Waals surface area contributed by atoms with Crippen LogP contribution in [-0.4, -0.2) is 0 Å². The molecule has 0 aliphatic carbocycles. The Kier molecular flexibility index (Phi) is 4.72. The molecule has 0 amide bonds. The number of nitrogens with zero attached hydrogens (tertiary/aromatic N) is 2. The predicted octanol–water partition coefficient (Wildman–Crippen LogP) is 7.09. The maximum Gasteiger partial charge on any atom is 0.331 e. The van der Waals surface area contributed by atoms with Gasteiger partial charge in [-0.1, -0.05) is 84.9 Å². The van der Waals surface area contributed by atoms with Gasteiger partial charge in [-0.3, -0.25) is 13.9 Å². The summed E-state index contributed by atoms with van der Waals surface area (Å²) >= 11 is 0. The molecule has 162 valence electrons. The first kappa shape index (κ1) is 20.0. The number of para-hydroxylation sites is 2. The van der Waals surface area contributed by atoms with Gasteiger partial charge in [-0.05, 0) is 56.9 Å². The Morgan fingerprint density at radius 2 is 0.939 bits per heavy atom. The van der Waals surface area contributed by atoms with Crippen LogP contribution in [0.1, 0.15) is 11.1 Å². The van der Waals surface area contributed by atoms with Crippen molar-refractivity contribution in [3.05, 3.63) is 120 Å². The molecule has 0 aromatic heterocycles. The van der Waals surface area contributed by atoms with Crippen LogP contribution in [-0.2, 0) is 17.7 Å². The topological polar surface area (TPSA) is 49.6 Å². The SMILES string of the molecule is NP1(=O)N(Cc2ccc3ccccc3c2)c2ccccc2N1Cc1ccc2ccccc2c1. The molecule has 6 rings (SSSR count). The van der Waals surface area contributed by atoms with Gasteiger partial charge in [0.1, 0.15) is 0 Å². The highest BCUT2D eigenvalue weighted by Crippen LogP contribution is 2.61. The highest BCUT2D eigenvalue weighted by molar-refractivity contribution is 7.65. The van der Waals surface area contributed by atoms with Gasteiger partial charge in [-0.15, -0.1) is 0 Å². The first-order valence-corrected chi connectivity index (χ1v) is 12.8. The smallest absolute Gasteiger partial charge is 0.288 e. The number of hydrogen-bond donors (Lipinski definition) is 1. The van der Waals surface area contributed by atoms with Crippen LogP contribution in [0.5, 0.6) is 0 Å². The fourth-order valence-corrected chi connectivity index (χ4v) is 6.68. The predicted molar refractivity (Wildman–Crippen MR) is 138 cm³/mol. The quantitative estimate of drug-likeness (QED) is 0.298. The summed E-state index contributed by atoms with van der Waals surface area (Å²) in [4.78, 5) is 0. The van der Waals surface area contributed by atoms with E-state index >= 15 is 0 Å². The van der Waals surface area contributed by atoms with Gasteiger partial charge < -0.3 is 0 Å². The van der Waals surface area contributed by atoms with Crippen molar-refractivity contribution >= 4 is 40.5 Å². The summed E-state index contributed by atoms with van der Waals surface area (Å²) in [6.07, 6.45) is 0. The average Bonchev–Trinajstić information content (AvgIpc) is 3.05. The number of hydrogen-bond acceptors (Lipinski definition) is 1. The molecule has 1 heterocycles. The molecule has 0 saturated heterocycles. The van der Waals surface area contributed by atoms with Gasteiger partial charge in [0.25, 0.3) is 0 Å². The van der Waals surface area contributed by atoms with E-state index in [9.17, 15) is 4.57 Å². The molecule has 0 fully saturated rings. The summed E-state index contributed by atoms with van der Waals surface area (Å²) in [7, 11) is -3.33. The lowest BCUT2D eigenvalue weighted by atomic mass is 10.1. The third-order valence-corrected chi connectivity index (χ3v) is 8.52. The van der Waals surface area contributed by atoms with Gasteiger partial charge in [-0.2, -0.15) is 0 Å². The highest BCUT2D eigenvalue weighted by atomic mass is 31.2. The van der Waals surface area contributed by atoms with Crippen molar-refractivity contribution in [1.29, 1.82) is 0 Å². The van der Waals surface area contributed by atoms with Crippen LogP contribution in [0.3, 0.4) is 0 Å². The molecular formula is C28H24N3OP. The molecule has 4 nitrogen and oxygen atoms in total. The number of nitrogens with two attached hydrogens (primary N) is 1. The molecule has 0 atom stereocenters. The molecule has 0 bridgehead atoms. The largest absolute Gasteiger partial charge is 0.331 e. The maximum absolute atomic E-state index is 14.1. The third-order valence-electron chi connectivity index (χ3n) is 6.42. The van der Waals surface area contributed by atoms with E-state index in [1.54, 1.807) is 0 Å².